The number of hydrogen-bond acceptors (Lipinski definition) is 3. The predicted molar refractivity (Wildman–Crippen MR) is 43.2 cm³/mol. The fourth-order valence-corrected chi connectivity index (χ4v) is 2.11. The number of aliphatic hydroxyl groups excluding tert-OH is 1. The van der Waals surface area contributed by atoms with Crippen LogP contribution < -0.4 is 5.73 Å². The molecular weight excluding hydrogens is 148 g/mol. The highest BCUT2D eigenvalue weighted by atomic mass is 32.2. The lowest BCUT2D eigenvalue weighted by molar-refractivity contribution is 0.188. The van der Waals surface area contributed by atoms with Crippen LogP contribution in [0.15, 0.2) is 0 Å². The minimum Gasteiger partial charge on any atom is -0.392 e. The topological polar surface area (TPSA) is 70.1 Å². The highest BCUT2D eigenvalue weighted by Gasteiger charge is 2.26. The number of thioether (sulfide) groups is 1. The van der Waals surface area contributed by atoms with E-state index < -0.39 is 0 Å². The van der Waals surface area contributed by atoms with E-state index in [0.29, 0.717) is 0 Å². The van der Waals surface area contributed by atoms with Gasteiger partial charge >= 0.3 is 0 Å². The molecule has 0 saturated heterocycles. The fourth-order valence-electron chi connectivity index (χ4n) is 1.21. The standard InChI is InChI=1S/C6H12N2OS/c7-6(8)10-5-3-1-2-4(5)9/h4-5,9H,1-3H2,(H3,7,8). The van der Waals surface area contributed by atoms with E-state index in [-0.39, 0.29) is 16.5 Å². The molecule has 0 aromatic heterocycles. The Labute approximate surface area is 64.5 Å². The second kappa shape index (κ2) is 3.25. The van der Waals surface area contributed by atoms with Gasteiger partial charge in [-0.05, 0) is 19.3 Å². The molecule has 10 heavy (non-hydrogen) atoms. The van der Waals surface area contributed by atoms with Crippen LogP contribution in [-0.4, -0.2) is 21.6 Å². The van der Waals surface area contributed by atoms with Gasteiger partial charge in [0.2, 0.25) is 0 Å². The molecule has 1 saturated carbocycles. The number of hydrogen-bond donors (Lipinski definition) is 3. The molecule has 4 heteroatoms. The number of nitrogens with one attached hydrogen (secondary N) is 1. The molecule has 58 valence electrons. The van der Waals surface area contributed by atoms with E-state index in [2.05, 4.69) is 0 Å². The molecule has 0 aromatic carbocycles. The summed E-state index contributed by atoms with van der Waals surface area (Å²) < 4.78 is 0. The molecule has 3 nitrogen and oxygen atoms in total. The Morgan fingerprint density at radius 3 is 2.70 bits per heavy atom. The molecule has 2 unspecified atom stereocenters. The Balaban J connectivity index is 2.33. The molecule has 1 fully saturated rings. The maximum absolute atomic E-state index is 9.26. The van der Waals surface area contributed by atoms with Crippen LogP contribution in [0.2, 0.25) is 0 Å². The van der Waals surface area contributed by atoms with Crippen LogP contribution in [0.3, 0.4) is 0 Å². The molecule has 4 N–H and O–H groups in total. The van der Waals surface area contributed by atoms with E-state index in [1.165, 1.54) is 11.8 Å². The SMILES string of the molecule is N=C(N)SC1CCCC1O. The van der Waals surface area contributed by atoms with Gasteiger partial charge in [-0.25, -0.2) is 0 Å². The van der Waals surface area contributed by atoms with Crippen molar-refractivity contribution in [2.75, 3.05) is 0 Å². The average Bonchev–Trinajstić information content (AvgIpc) is 2.15. The summed E-state index contributed by atoms with van der Waals surface area (Å²) in [6, 6.07) is 0. The largest absolute Gasteiger partial charge is 0.392 e. The van der Waals surface area contributed by atoms with Crippen LogP contribution in [0.1, 0.15) is 19.3 Å². The number of nitrogens with two attached hydrogens (primary N) is 1. The number of rotatable bonds is 1. The smallest absolute Gasteiger partial charge is 0.151 e. The van der Waals surface area contributed by atoms with Crippen molar-refractivity contribution in [2.24, 2.45) is 5.73 Å². The highest BCUT2D eigenvalue weighted by molar-refractivity contribution is 8.14. The maximum Gasteiger partial charge on any atom is 0.151 e. The third-order valence-electron chi connectivity index (χ3n) is 1.70. The van der Waals surface area contributed by atoms with Gasteiger partial charge in [0.1, 0.15) is 0 Å². The Morgan fingerprint density at radius 1 is 1.60 bits per heavy atom. The van der Waals surface area contributed by atoms with Crippen LogP contribution in [-0.2, 0) is 0 Å². The first kappa shape index (κ1) is 7.88. The van der Waals surface area contributed by atoms with Gasteiger partial charge < -0.3 is 10.8 Å². The minimum atomic E-state index is -0.242. The van der Waals surface area contributed by atoms with Crippen LogP contribution in [0, 0.1) is 5.41 Å². The third kappa shape index (κ3) is 1.88. The summed E-state index contributed by atoms with van der Waals surface area (Å²) in [5.41, 5.74) is 5.17. The normalized spacial score (nSPS) is 32.5. The van der Waals surface area contributed by atoms with E-state index in [4.69, 9.17) is 11.1 Å². The van der Waals surface area contributed by atoms with Crippen molar-refractivity contribution in [1.82, 2.24) is 0 Å². The van der Waals surface area contributed by atoms with Crippen molar-refractivity contribution >= 4 is 16.9 Å². The van der Waals surface area contributed by atoms with Gasteiger partial charge in [0.15, 0.2) is 5.17 Å². The Bertz CT molecular complexity index is 140. The molecule has 1 aliphatic carbocycles. The average molecular weight is 160 g/mol. The van der Waals surface area contributed by atoms with Gasteiger partial charge in [0, 0.05) is 5.25 Å². The predicted octanol–water partition coefficient (Wildman–Crippen LogP) is 0.526. The quantitative estimate of drug-likeness (QED) is 0.387. The zero-order chi connectivity index (χ0) is 7.56. The second-order valence-electron chi connectivity index (χ2n) is 2.52. The second-order valence-corrected chi connectivity index (χ2v) is 3.80. The van der Waals surface area contributed by atoms with E-state index in [9.17, 15) is 5.11 Å². The first-order valence-electron chi connectivity index (χ1n) is 3.39. The molecule has 0 amide bonds. The Morgan fingerprint density at radius 2 is 2.30 bits per heavy atom. The minimum absolute atomic E-state index is 0.117. The van der Waals surface area contributed by atoms with E-state index >= 15 is 0 Å². The molecule has 0 spiro atoms. The summed E-state index contributed by atoms with van der Waals surface area (Å²) in [4.78, 5) is 0. The number of aliphatic hydroxyl groups is 1. The lowest BCUT2D eigenvalue weighted by Crippen LogP contribution is -2.19. The van der Waals surface area contributed by atoms with E-state index in [1.54, 1.807) is 0 Å². The third-order valence-corrected chi connectivity index (χ3v) is 2.80. The van der Waals surface area contributed by atoms with Gasteiger partial charge in [-0.2, -0.15) is 0 Å². The molecule has 0 aliphatic heterocycles. The molecule has 0 aromatic rings. The Hall–Kier alpha value is -0.220. The van der Waals surface area contributed by atoms with Crippen molar-refractivity contribution < 1.29 is 5.11 Å². The molecule has 1 aliphatic rings. The molecule has 0 radical (unpaired) electrons. The highest BCUT2D eigenvalue weighted by Crippen LogP contribution is 2.29. The van der Waals surface area contributed by atoms with Gasteiger partial charge in [-0.1, -0.05) is 11.8 Å². The fraction of sp³-hybridized carbons (Fsp3) is 0.833. The van der Waals surface area contributed by atoms with Crippen LogP contribution in [0.5, 0.6) is 0 Å². The van der Waals surface area contributed by atoms with Crippen molar-refractivity contribution in [3.63, 3.8) is 0 Å². The molecule has 0 heterocycles. The van der Waals surface area contributed by atoms with Crippen LogP contribution in [0.25, 0.3) is 0 Å². The first-order valence-corrected chi connectivity index (χ1v) is 4.27. The van der Waals surface area contributed by atoms with Gasteiger partial charge in [-0.3, -0.25) is 5.41 Å². The molecule has 1 rings (SSSR count). The zero-order valence-electron chi connectivity index (χ0n) is 5.71. The Kier molecular flexibility index (Phi) is 2.56. The van der Waals surface area contributed by atoms with Gasteiger partial charge in [-0.15, -0.1) is 0 Å². The van der Waals surface area contributed by atoms with Crippen molar-refractivity contribution in [2.45, 2.75) is 30.6 Å². The lowest BCUT2D eigenvalue weighted by atomic mass is 10.3. The van der Waals surface area contributed by atoms with Crippen molar-refractivity contribution in [3.8, 4) is 0 Å². The summed E-state index contributed by atoms with van der Waals surface area (Å²) in [6.45, 7) is 0. The summed E-state index contributed by atoms with van der Waals surface area (Å²) in [5, 5.41) is 16.5. The monoisotopic (exact) mass is 160 g/mol. The summed E-state index contributed by atoms with van der Waals surface area (Å²) in [5.74, 6) is 0. The molecule has 2 atom stereocenters. The van der Waals surface area contributed by atoms with E-state index in [0.717, 1.165) is 19.3 Å². The van der Waals surface area contributed by atoms with Gasteiger partial charge in [0.05, 0.1) is 6.10 Å². The van der Waals surface area contributed by atoms with Crippen molar-refractivity contribution in [1.29, 1.82) is 5.41 Å². The molecule has 0 bridgehead atoms. The first-order chi connectivity index (χ1) is 4.70. The molecular formula is C6H12N2OS. The summed E-state index contributed by atoms with van der Waals surface area (Å²) >= 11 is 1.28. The van der Waals surface area contributed by atoms with E-state index in [1.807, 2.05) is 0 Å². The summed E-state index contributed by atoms with van der Waals surface area (Å²) in [6.07, 6.45) is 2.68. The van der Waals surface area contributed by atoms with Gasteiger partial charge in [0.25, 0.3) is 0 Å². The van der Waals surface area contributed by atoms with Crippen LogP contribution in [0.4, 0.5) is 0 Å². The summed E-state index contributed by atoms with van der Waals surface area (Å²) in [7, 11) is 0. The lowest BCUT2D eigenvalue weighted by Gasteiger charge is -2.11. The zero-order valence-corrected chi connectivity index (χ0v) is 6.53. The van der Waals surface area contributed by atoms with Crippen molar-refractivity contribution in [3.05, 3.63) is 0 Å². The maximum atomic E-state index is 9.26. The van der Waals surface area contributed by atoms with Crippen LogP contribution >= 0.6 is 11.8 Å². The number of amidine groups is 1.